The maximum atomic E-state index is 8.97. The number of nitriles is 1. The Morgan fingerprint density at radius 2 is 1.95 bits per heavy atom. The number of aromatic nitrogens is 1. The van der Waals surface area contributed by atoms with Gasteiger partial charge in [-0.15, -0.1) is 0 Å². The summed E-state index contributed by atoms with van der Waals surface area (Å²) in [6.07, 6.45) is 1.64. The Labute approximate surface area is 113 Å². The van der Waals surface area contributed by atoms with Gasteiger partial charge in [-0.1, -0.05) is 32.0 Å². The lowest BCUT2D eigenvalue weighted by Gasteiger charge is -2.09. The molecule has 0 radical (unpaired) electrons. The Bertz CT molecular complexity index is 580. The lowest BCUT2D eigenvalue weighted by Crippen LogP contribution is -2.02. The van der Waals surface area contributed by atoms with E-state index in [1.165, 1.54) is 5.56 Å². The zero-order valence-corrected chi connectivity index (χ0v) is 11.2. The first-order chi connectivity index (χ1) is 9.20. The SMILES string of the molecule is CC(C)c1ccc(NCc2cccnc2C#N)cc1. The van der Waals surface area contributed by atoms with Crippen molar-refractivity contribution in [2.45, 2.75) is 26.3 Å². The van der Waals surface area contributed by atoms with Crippen LogP contribution in [0.4, 0.5) is 5.69 Å². The van der Waals surface area contributed by atoms with Gasteiger partial charge in [-0.3, -0.25) is 0 Å². The minimum absolute atomic E-state index is 0.480. The maximum Gasteiger partial charge on any atom is 0.145 e. The van der Waals surface area contributed by atoms with Crippen LogP contribution in [0.15, 0.2) is 42.6 Å². The number of nitrogens with one attached hydrogen (secondary N) is 1. The Morgan fingerprint density at radius 3 is 2.58 bits per heavy atom. The van der Waals surface area contributed by atoms with Crippen LogP contribution >= 0.6 is 0 Å². The molecular formula is C16H17N3. The molecule has 0 saturated heterocycles. The van der Waals surface area contributed by atoms with Crippen molar-refractivity contribution in [1.82, 2.24) is 4.98 Å². The summed E-state index contributed by atoms with van der Waals surface area (Å²) in [5.74, 6) is 0.539. The molecule has 0 saturated carbocycles. The highest BCUT2D eigenvalue weighted by molar-refractivity contribution is 5.46. The molecule has 1 aromatic carbocycles. The van der Waals surface area contributed by atoms with Crippen LogP contribution in [-0.2, 0) is 6.54 Å². The van der Waals surface area contributed by atoms with E-state index in [1.54, 1.807) is 6.20 Å². The van der Waals surface area contributed by atoms with Gasteiger partial charge in [-0.2, -0.15) is 5.26 Å². The predicted molar refractivity (Wildman–Crippen MR) is 76.8 cm³/mol. The molecule has 2 rings (SSSR count). The third-order valence-electron chi connectivity index (χ3n) is 3.06. The Balaban J connectivity index is 2.04. The minimum atomic E-state index is 0.480. The van der Waals surface area contributed by atoms with E-state index in [0.29, 0.717) is 18.2 Å². The number of hydrogen-bond donors (Lipinski definition) is 1. The Hall–Kier alpha value is -2.34. The topological polar surface area (TPSA) is 48.7 Å². The van der Waals surface area contributed by atoms with Crippen LogP contribution in [0.2, 0.25) is 0 Å². The minimum Gasteiger partial charge on any atom is -0.381 e. The van der Waals surface area contributed by atoms with Gasteiger partial charge in [0.05, 0.1) is 0 Å². The summed E-state index contributed by atoms with van der Waals surface area (Å²) in [6, 6.07) is 14.3. The van der Waals surface area contributed by atoms with E-state index in [2.05, 4.69) is 54.5 Å². The molecule has 0 aliphatic rings. The van der Waals surface area contributed by atoms with E-state index >= 15 is 0 Å². The second kappa shape index (κ2) is 6.01. The van der Waals surface area contributed by atoms with Gasteiger partial charge in [0.2, 0.25) is 0 Å². The standard InChI is InChI=1S/C16H17N3/c1-12(2)13-5-7-15(8-6-13)19-11-14-4-3-9-18-16(14)10-17/h3-9,12,19H,11H2,1-2H3. The molecule has 1 aromatic heterocycles. The van der Waals surface area contributed by atoms with Gasteiger partial charge in [0.1, 0.15) is 11.8 Å². The first-order valence-corrected chi connectivity index (χ1v) is 6.38. The molecule has 1 heterocycles. The summed E-state index contributed by atoms with van der Waals surface area (Å²) >= 11 is 0. The van der Waals surface area contributed by atoms with Gasteiger partial charge in [0.15, 0.2) is 0 Å². The van der Waals surface area contributed by atoms with E-state index < -0.39 is 0 Å². The predicted octanol–water partition coefficient (Wildman–Crippen LogP) is 3.69. The van der Waals surface area contributed by atoms with Crippen LogP contribution in [0.25, 0.3) is 0 Å². The maximum absolute atomic E-state index is 8.97. The van der Waals surface area contributed by atoms with Gasteiger partial charge in [0.25, 0.3) is 0 Å². The van der Waals surface area contributed by atoms with Crippen molar-refractivity contribution in [2.75, 3.05) is 5.32 Å². The number of anilines is 1. The number of pyridine rings is 1. The van der Waals surface area contributed by atoms with Crippen molar-refractivity contribution >= 4 is 5.69 Å². The summed E-state index contributed by atoms with van der Waals surface area (Å²) in [6.45, 7) is 4.96. The van der Waals surface area contributed by atoms with Crippen molar-refractivity contribution in [2.24, 2.45) is 0 Å². The van der Waals surface area contributed by atoms with Crippen LogP contribution < -0.4 is 5.32 Å². The largest absolute Gasteiger partial charge is 0.381 e. The van der Waals surface area contributed by atoms with Crippen LogP contribution in [0.5, 0.6) is 0 Å². The lowest BCUT2D eigenvalue weighted by atomic mass is 10.0. The molecule has 19 heavy (non-hydrogen) atoms. The van der Waals surface area contributed by atoms with E-state index in [0.717, 1.165) is 11.3 Å². The molecule has 0 aliphatic carbocycles. The molecule has 0 bridgehead atoms. The molecule has 0 amide bonds. The molecule has 0 unspecified atom stereocenters. The fourth-order valence-corrected chi connectivity index (χ4v) is 1.87. The van der Waals surface area contributed by atoms with Crippen molar-refractivity contribution < 1.29 is 0 Å². The van der Waals surface area contributed by atoms with Crippen molar-refractivity contribution in [3.8, 4) is 6.07 Å². The van der Waals surface area contributed by atoms with Crippen LogP contribution in [0, 0.1) is 11.3 Å². The summed E-state index contributed by atoms with van der Waals surface area (Å²) in [5, 5.41) is 12.3. The molecular weight excluding hydrogens is 234 g/mol. The van der Waals surface area contributed by atoms with Crippen LogP contribution in [0.1, 0.15) is 36.6 Å². The van der Waals surface area contributed by atoms with Gasteiger partial charge >= 0.3 is 0 Å². The third kappa shape index (κ3) is 3.32. The number of nitrogens with zero attached hydrogens (tertiary/aromatic N) is 2. The van der Waals surface area contributed by atoms with E-state index in [9.17, 15) is 0 Å². The van der Waals surface area contributed by atoms with Crippen molar-refractivity contribution in [3.63, 3.8) is 0 Å². The smallest absolute Gasteiger partial charge is 0.145 e. The third-order valence-corrected chi connectivity index (χ3v) is 3.06. The van der Waals surface area contributed by atoms with Crippen LogP contribution in [0.3, 0.4) is 0 Å². The first-order valence-electron chi connectivity index (χ1n) is 6.38. The number of benzene rings is 1. The zero-order chi connectivity index (χ0) is 13.7. The molecule has 2 aromatic rings. The molecule has 0 fully saturated rings. The second-order valence-electron chi connectivity index (χ2n) is 4.75. The van der Waals surface area contributed by atoms with E-state index in [1.807, 2.05) is 12.1 Å². The van der Waals surface area contributed by atoms with Gasteiger partial charge < -0.3 is 5.32 Å². The second-order valence-corrected chi connectivity index (χ2v) is 4.75. The highest BCUT2D eigenvalue weighted by Gasteiger charge is 2.02. The van der Waals surface area contributed by atoms with Crippen LogP contribution in [-0.4, -0.2) is 4.98 Å². The Kier molecular flexibility index (Phi) is 4.15. The number of hydrogen-bond acceptors (Lipinski definition) is 3. The molecule has 3 heteroatoms. The molecule has 1 N–H and O–H groups in total. The summed E-state index contributed by atoms with van der Waals surface area (Å²) in [5.41, 5.74) is 3.77. The zero-order valence-electron chi connectivity index (χ0n) is 11.2. The summed E-state index contributed by atoms with van der Waals surface area (Å²) < 4.78 is 0. The fraction of sp³-hybridized carbons (Fsp3) is 0.250. The van der Waals surface area contributed by atoms with Crippen molar-refractivity contribution in [1.29, 1.82) is 5.26 Å². The summed E-state index contributed by atoms with van der Waals surface area (Å²) in [4.78, 5) is 4.05. The highest BCUT2D eigenvalue weighted by Crippen LogP contribution is 2.17. The monoisotopic (exact) mass is 251 g/mol. The molecule has 0 aliphatic heterocycles. The average molecular weight is 251 g/mol. The number of rotatable bonds is 4. The Morgan fingerprint density at radius 1 is 1.21 bits per heavy atom. The van der Waals surface area contributed by atoms with Gasteiger partial charge in [-0.25, -0.2) is 4.98 Å². The first kappa shape index (κ1) is 13.1. The normalized spacial score (nSPS) is 10.2. The van der Waals surface area contributed by atoms with E-state index in [4.69, 9.17) is 5.26 Å². The molecule has 3 nitrogen and oxygen atoms in total. The molecule has 0 atom stereocenters. The average Bonchev–Trinajstić information content (AvgIpc) is 2.45. The van der Waals surface area contributed by atoms with E-state index in [-0.39, 0.29) is 0 Å². The summed E-state index contributed by atoms with van der Waals surface area (Å²) in [7, 11) is 0. The highest BCUT2D eigenvalue weighted by atomic mass is 14.9. The fourth-order valence-electron chi connectivity index (χ4n) is 1.87. The quantitative estimate of drug-likeness (QED) is 0.901. The van der Waals surface area contributed by atoms with Crippen molar-refractivity contribution in [3.05, 3.63) is 59.4 Å². The van der Waals surface area contributed by atoms with Gasteiger partial charge in [-0.05, 0) is 29.7 Å². The molecule has 96 valence electrons. The van der Waals surface area contributed by atoms with Gasteiger partial charge in [0, 0.05) is 24.0 Å². The lowest BCUT2D eigenvalue weighted by molar-refractivity contribution is 0.866. The molecule has 0 spiro atoms.